The quantitative estimate of drug-likeness (QED) is 0.242. The molecule has 12 heteroatoms. The number of nitrogens with zero attached hydrogens (tertiary/aromatic N) is 3. The van der Waals surface area contributed by atoms with E-state index in [-0.39, 0.29) is 37.0 Å². The second-order valence-corrected chi connectivity index (χ2v) is 12.7. The highest BCUT2D eigenvalue weighted by Gasteiger charge is 2.30. The molecule has 2 aromatic rings. The third kappa shape index (κ3) is 8.76. The van der Waals surface area contributed by atoms with E-state index in [1.165, 1.54) is 6.42 Å². The number of carbonyl (C=O) groups excluding carboxylic acids is 2. The average molecular weight is 546 g/mol. The van der Waals surface area contributed by atoms with E-state index in [0.29, 0.717) is 22.9 Å². The van der Waals surface area contributed by atoms with Crippen molar-refractivity contribution in [1.82, 2.24) is 25.1 Å². The first-order chi connectivity index (χ1) is 16.9. The number of amides is 1. The van der Waals surface area contributed by atoms with Crippen LogP contribution < -0.4 is 5.32 Å². The molecule has 1 amide bonds. The summed E-state index contributed by atoms with van der Waals surface area (Å²) >= 11 is 6.21. The molecule has 204 valence electrons. The zero-order valence-electron chi connectivity index (χ0n) is 22.0. The summed E-state index contributed by atoms with van der Waals surface area (Å²) in [7, 11) is -3.30. The Morgan fingerprint density at radius 3 is 2.53 bits per heavy atom. The summed E-state index contributed by atoms with van der Waals surface area (Å²) in [5.74, 6) is -1.07. The molecule has 2 heterocycles. The molecule has 0 aliphatic carbocycles. The smallest absolute Gasteiger partial charge is 0.307 e. The third-order valence-electron chi connectivity index (χ3n) is 6.06. The Kier molecular flexibility index (Phi) is 11.2. The first kappa shape index (κ1) is 30.1. The van der Waals surface area contributed by atoms with E-state index in [0.717, 1.165) is 31.4 Å². The van der Waals surface area contributed by atoms with Gasteiger partial charge in [0, 0.05) is 12.5 Å². The van der Waals surface area contributed by atoms with E-state index in [1.54, 1.807) is 11.4 Å². The molecule has 0 radical (unpaired) electrons. The monoisotopic (exact) mass is 545 g/mol. The van der Waals surface area contributed by atoms with Crippen molar-refractivity contribution in [3.05, 3.63) is 16.5 Å². The summed E-state index contributed by atoms with van der Waals surface area (Å²) in [4.78, 5) is 24.5. The predicted octanol–water partition coefficient (Wildman–Crippen LogP) is 3.76. The summed E-state index contributed by atoms with van der Waals surface area (Å²) in [5, 5.41) is 14.5. The Balaban J connectivity index is 1.71. The molecule has 0 spiro atoms. The van der Waals surface area contributed by atoms with Gasteiger partial charge in [0.1, 0.15) is 11.6 Å². The van der Waals surface area contributed by atoms with Crippen molar-refractivity contribution in [2.75, 3.05) is 24.7 Å². The second kappa shape index (κ2) is 13.4. The van der Waals surface area contributed by atoms with Crippen LogP contribution in [0.5, 0.6) is 0 Å². The van der Waals surface area contributed by atoms with Gasteiger partial charge in [0.15, 0.2) is 21.3 Å². The number of hydrogen-bond donors (Lipinski definition) is 2. The van der Waals surface area contributed by atoms with Crippen LogP contribution in [0.15, 0.2) is 0 Å². The van der Waals surface area contributed by atoms with Gasteiger partial charge in [0.2, 0.25) is 5.91 Å². The Labute approximate surface area is 218 Å². The normalized spacial score (nSPS) is 13.2. The van der Waals surface area contributed by atoms with Gasteiger partial charge in [-0.15, -0.1) is 10.2 Å². The number of carbonyl (C=O) groups is 2. The van der Waals surface area contributed by atoms with Crippen LogP contribution in [-0.4, -0.2) is 64.8 Å². The van der Waals surface area contributed by atoms with E-state index in [1.807, 2.05) is 20.8 Å². The first-order valence-electron chi connectivity index (χ1n) is 12.6. The number of rotatable bonds is 16. The summed E-state index contributed by atoms with van der Waals surface area (Å²) in [6.45, 7) is 9.42. The lowest BCUT2D eigenvalue weighted by atomic mass is 9.94. The minimum absolute atomic E-state index is 0.0261. The fraction of sp³-hybridized carbons (Fsp3) is 0.750. The van der Waals surface area contributed by atoms with Crippen LogP contribution in [0.1, 0.15) is 84.2 Å². The highest BCUT2D eigenvalue weighted by molar-refractivity contribution is 7.91. The van der Waals surface area contributed by atoms with Crippen LogP contribution in [0, 0.1) is 12.8 Å². The van der Waals surface area contributed by atoms with Gasteiger partial charge < -0.3 is 10.1 Å². The minimum Gasteiger partial charge on any atom is -0.465 e. The number of unbranched alkanes of at least 4 members (excludes halogenated alkanes) is 5. The van der Waals surface area contributed by atoms with Crippen molar-refractivity contribution < 1.29 is 22.7 Å². The summed E-state index contributed by atoms with van der Waals surface area (Å²) in [6, 6.07) is 0. The Morgan fingerprint density at radius 1 is 1.17 bits per heavy atom. The number of ether oxygens (including phenoxy) is 1. The zero-order valence-corrected chi connectivity index (χ0v) is 23.6. The average Bonchev–Trinajstić information content (AvgIpc) is 3.34. The van der Waals surface area contributed by atoms with Crippen molar-refractivity contribution in [1.29, 1.82) is 0 Å². The first-order valence-corrected chi connectivity index (χ1v) is 14.8. The van der Waals surface area contributed by atoms with Crippen LogP contribution in [-0.2, 0) is 29.6 Å². The Morgan fingerprint density at radius 2 is 1.83 bits per heavy atom. The fourth-order valence-corrected chi connectivity index (χ4v) is 5.75. The molecule has 36 heavy (non-hydrogen) atoms. The van der Waals surface area contributed by atoms with E-state index in [4.69, 9.17) is 16.3 Å². The van der Waals surface area contributed by atoms with Gasteiger partial charge in [-0.1, -0.05) is 57.6 Å². The maximum Gasteiger partial charge on any atom is 0.307 e. The number of aromatic nitrogens is 4. The van der Waals surface area contributed by atoms with Crippen LogP contribution in [0.4, 0.5) is 0 Å². The summed E-state index contributed by atoms with van der Waals surface area (Å²) in [5.41, 5.74) is 0.628. The second-order valence-electron chi connectivity index (χ2n) is 10.1. The number of halogens is 1. The van der Waals surface area contributed by atoms with Gasteiger partial charge in [-0.3, -0.25) is 14.7 Å². The van der Waals surface area contributed by atoms with Gasteiger partial charge in [0.25, 0.3) is 0 Å². The molecule has 0 aliphatic heterocycles. The van der Waals surface area contributed by atoms with Gasteiger partial charge in [0.05, 0.1) is 29.0 Å². The van der Waals surface area contributed by atoms with Crippen molar-refractivity contribution in [2.45, 2.75) is 85.0 Å². The lowest BCUT2D eigenvalue weighted by Gasteiger charge is -2.21. The van der Waals surface area contributed by atoms with E-state index < -0.39 is 27.1 Å². The topological polar surface area (TPSA) is 136 Å². The Bertz CT molecular complexity index is 1130. The lowest BCUT2D eigenvalue weighted by molar-refractivity contribution is -0.145. The molecule has 0 bridgehead atoms. The molecule has 0 aliphatic rings. The molecule has 0 fully saturated rings. The van der Waals surface area contributed by atoms with Crippen molar-refractivity contribution >= 4 is 39.0 Å². The van der Waals surface area contributed by atoms with Gasteiger partial charge in [-0.25, -0.2) is 12.9 Å². The molecule has 1 atom stereocenters. The maximum absolute atomic E-state index is 12.3. The zero-order chi connectivity index (χ0) is 26.9. The van der Waals surface area contributed by atoms with E-state index in [2.05, 4.69) is 27.5 Å². The van der Waals surface area contributed by atoms with Crippen molar-refractivity contribution in [3.8, 4) is 0 Å². The molecular weight excluding hydrogens is 506 g/mol. The SMILES string of the molecule is CCCCCCCCS(=O)(=O)CC(C)C(=O)NCCC(=O)OCC(C)(C)c1nnc2c(Cl)c(C)[nH]n12. The molecule has 0 saturated heterocycles. The molecule has 2 rings (SSSR count). The van der Waals surface area contributed by atoms with Crippen LogP contribution in [0.2, 0.25) is 5.02 Å². The number of H-pyrrole nitrogens is 1. The molecule has 0 saturated carbocycles. The molecule has 1 unspecified atom stereocenters. The van der Waals surface area contributed by atoms with Crippen LogP contribution >= 0.6 is 11.6 Å². The molecule has 2 aromatic heterocycles. The standard InChI is InChI=1S/C24H40ClN5O5S/c1-6-7-8-9-10-11-14-36(33,34)15-17(2)22(32)26-13-12-19(31)35-16-24(4,5)23-28-27-21-20(25)18(3)29-30(21)23/h17,29H,6-16H2,1-5H3,(H,26,32). The number of aromatic amines is 1. The molecule has 0 aromatic carbocycles. The lowest BCUT2D eigenvalue weighted by Crippen LogP contribution is -2.35. The maximum atomic E-state index is 12.3. The van der Waals surface area contributed by atoms with E-state index in [9.17, 15) is 18.0 Å². The number of hydrogen-bond acceptors (Lipinski definition) is 7. The van der Waals surface area contributed by atoms with Crippen LogP contribution in [0.25, 0.3) is 5.65 Å². The molecular formula is C24H40ClN5O5S. The van der Waals surface area contributed by atoms with Crippen molar-refractivity contribution in [3.63, 3.8) is 0 Å². The Hall–Kier alpha value is -2.14. The summed E-state index contributed by atoms with van der Waals surface area (Å²) in [6.07, 6.45) is 5.97. The van der Waals surface area contributed by atoms with Crippen LogP contribution in [0.3, 0.4) is 0 Å². The van der Waals surface area contributed by atoms with Gasteiger partial charge >= 0.3 is 5.97 Å². The van der Waals surface area contributed by atoms with Gasteiger partial charge in [-0.2, -0.15) is 0 Å². The number of aryl methyl sites for hydroxylation is 1. The number of fused-ring (bicyclic) bond motifs is 1. The number of nitrogens with one attached hydrogen (secondary N) is 2. The molecule has 2 N–H and O–H groups in total. The highest BCUT2D eigenvalue weighted by atomic mass is 35.5. The largest absolute Gasteiger partial charge is 0.465 e. The van der Waals surface area contributed by atoms with Crippen molar-refractivity contribution in [2.24, 2.45) is 5.92 Å². The third-order valence-corrected chi connectivity index (χ3v) is 8.43. The highest BCUT2D eigenvalue weighted by Crippen LogP contribution is 2.26. The minimum atomic E-state index is -3.30. The molecule has 10 nitrogen and oxygen atoms in total. The predicted molar refractivity (Wildman–Crippen MR) is 140 cm³/mol. The number of esters is 1. The van der Waals surface area contributed by atoms with Gasteiger partial charge in [-0.05, 0) is 27.2 Å². The summed E-state index contributed by atoms with van der Waals surface area (Å²) < 4.78 is 31.7. The van der Waals surface area contributed by atoms with E-state index >= 15 is 0 Å². The fourth-order valence-electron chi connectivity index (χ4n) is 3.86. The number of sulfone groups is 1.